The molecule has 0 aliphatic heterocycles. The molecule has 0 spiro atoms. The number of aryl methyl sites for hydroxylation is 3. The summed E-state index contributed by atoms with van der Waals surface area (Å²) >= 11 is 0. The molecular formula is C20H27N. The van der Waals surface area contributed by atoms with E-state index in [9.17, 15) is 0 Å². The van der Waals surface area contributed by atoms with E-state index in [1.54, 1.807) is 0 Å². The van der Waals surface area contributed by atoms with Crippen molar-refractivity contribution in [2.45, 2.75) is 46.6 Å². The zero-order chi connectivity index (χ0) is 15.2. The highest BCUT2D eigenvalue weighted by molar-refractivity contribution is 5.32. The molecule has 0 aromatic heterocycles. The van der Waals surface area contributed by atoms with Crippen LogP contribution < -0.4 is 5.32 Å². The number of hydrogen-bond acceptors (Lipinski definition) is 1. The lowest BCUT2D eigenvalue weighted by molar-refractivity contribution is 0.529. The molecule has 112 valence electrons. The minimum Gasteiger partial charge on any atom is -0.310 e. The third-order valence-electron chi connectivity index (χ3n) is 4.10. The Kier molecular flexibility index (Phi) is 5.58. The molecule has 0 aliphatic rings. The van der Waals surface area contributed by atoms with Gasteiger partial charge in [-0.05, 0) is 62.4 Å². The molecule has 0 heterocycles. The summed E-state index contributed by atoms with van der Waals surface area (Å²) in [5, 5.41) is 3.70. The molecule has 21 heavy (non-hydrogen) atoms. The maximum atomic E-state index is 3.70. The molecule has 0 saturated carbocycles. The second kappa shape index (κ2) is 7.42. The number of nitrogens with one attached hydrogen (secondary N) is 1. The molecule has 1 nitrogen and oxygen atoms in total. The summed E-state index contributed by atoms with van der Waals surface area (Å²) in [5.41, 5.74) is 6.88. The lowest BCUT2D eigenvalue weighted by Crippen LogP contribution is -2.24. The van der Waals surface area contributed by atoms with Crippen LogP contribution in [0.25, 0.3) is 0 Å². The number of hydrogen-bond donors (Lipinski definition) is 1. The quantitative estimate of drug-likeness (QED) is 0.794. The Morgan fingerprint density at radius 1 is 0.952 bits per heavy atom. The predicted octanol–water partition coefficient (Wildman–Crippen LogP) is 4.90. The lowest BCUT2D eigenvalue weighted by Gasteiger charge is -2.20. The van der Waals surface area contributed by atoms with Crippen LogP contribution in [0.2, 0.25) is 0 Å². The zero-order valence-corrected chi connectivity index (χ0v) is 13.7. The minimum atomic E-state index is 0.395. The predicted molar refractivity (Wildman–Crippen MR) is 91.8 cm³/mol. The number of rotatable bonds is 6. The van der Waals surface area contributed by atoms with Crippen molar-refractivity contribution in [2.24, 2.45) is 0 Å². The van der Waals surface area contributed by atoms with Crippen molar-refractivity contribution in [1.29, 1.82) is 0 Å². The molecule has 0 fully saturated rings. The highest BCUT2D eigenvalue weighted by atomic mass is 14.9. The van der Waals surface area contributed by atoms with Gasteiger partial charge in [0, 0.05) is 6.04 Å². The molecule has 0 radical (unpaired) electrons. The van der Waals surface area contributed by atoms with Crippen molar-refractivity contribution < 1.29 is 0 Å². The normalized spacial score (nSPS) is 12.4. The SMILES string of the molecule is CCCNC(Cc1ccc(C)c(C)c1)c1cccc(C)c1. The molecule has 0 amide bonds. The largest absolute Gasteiger partial charge is 0.310 e. The fourth-order valence-corrected chi connectivity index (χ4v) is 2.68. The van der Waals surface area contributed by atoms with E-state index < -0.39 is 0 Å². The molecule has 1 unspecified atom stereocenters. The van der Waals surface area contributed by atoms with Crippen molar-refractivity contribution in [2.75, 3.05) is 6.54 Å². The van der Waals surface area contributed by atoms with Crippen molar-refractivity contribution in [1.82, 2.24) is 5.32 Å². The summed E-state index contributed by atoms with van der Waals surface area (Å²) in [4.78, 5) is 0. The molecule has 1 atom stereocenters. The van der Waals surface area contributed by atoms with Gasteiger partial charge in [0.05, 0.1) is 0 Å². The standard InChI is InChI=1S/C20H27N/c1-5-11-21-20(19-8-6-7-15(2)12-19)14-18-10-9-16(3)17(4)13-18/h6-10,12-13,20-21H,5,11,14H2,1-4H3. The average Bonchev–Trinajstić information content (AvgIpc) is 2.47. The van der Waals surface area contributed by atoms with Crippen LogP contribution in [0.4, 0.5) is 0 Å². The fraction of sp³-hybridized carbons (Fsp3) is 0.400. The van der Waals surface area contributed by atoms with Crippen LogP contribution in [-0.2, 0) is 6.42 Å². The van der Waals surface area contributed by atoms with E-state index in [2.05, 4.69) is 75.5 Å². The van der Waals surface area contributed by atoms with Crippen LogP contribution in [0.5, 0.6) is 0 Å². The van der Waals surface area contributed by atoms with Gasteiger partial charge < -0.3 is 5.32 Å². The Bertz CT molecular complexity index is 586. The average molecular weight is 281 g/mol. The molecule has 2 aromatic rings. The summed E-state index contributed by atoms with van der Waals surface area (Å²) in [6, 6.07) is 16.1. The first kappa shape index (κ1) is 15.8. The van der Waals surface area contributed by atoms with E-state index in [-0.39, 0.29) is 0 Å². The lowest BCUT2D eigenvalue weighted by atomic mass is 9.95. The molecule has 0 saturated heterocycles. The van der Waals surface area contributed by atoms with Gasteiger partial charge in [0.25, 0.3) is 0 Å². The van der Waals surface area contributed by atoms with Gasteiger partial charge >= 0.3 is 0 Å². The maximum absolute atomic E-state index is 3.70. The summed E-state index contributed by atoms with van der Waals surface area (Å²) in [6.07, 6.45) is 2.21. The van der Waals surface area contributed by atoms with Gasteiger partial charge in [-0.15, -0.1) is 0 Å². The first-order valence-electron chi connectivity index (χ1n) is 7.96. The Hall–Kier alpha value is -1.60. The third-order valence-corrected chi connectivity index (χ3v) is 4.10. The summed E-state index contributed by atoms with van der Waals surface area (Å²) < 4.78 is 0. The zero-order valence-electron chi connectivity index (χ0n) is 13.7. The van der Waals surface area contributed by atoms with Gasteiger partial charge in [0.2, 0.25) is 0 Å². The van der Waals surface area contributed by atoms with E-state index in [1.807, 2.05) is 0 Å². The topological polar surface area (TPSA) is 12.0 Å². The Morgan fingerprint density at radius 2 is 1.76 bits per heavy atom. The third kappa shape index (κ3) is 4.44. The van der Waals surface area contributed by atoms with E-state index in [4.69, 9.17) is 0 Å². The first-order chi connectivity index (χ1) is 10.1. The monoisotopic (exact) mass is 281 g/mol. The second-order valence-corrected chi connectivity index (χ2v) is 6.04. The smallest absolute Gasteiger partial charge is 0.0360 e. The van der Waals surface area contributed by atoms with Crippen LogP contribution in [-0.4, -0.2) is 6.54 Å². The van der Waals surface area contributed by atoms with Crippen molar-refractivity contribution >= 4 is 0 Å². The molecule has 0 aliphatic carbocycles. The van der Waals surface area contributed by atoms with E-state index in [1.165, 1.54) is 27.8 Å². The maximum Gasteiger partial charge on any atom is 0.0360 e. The van der Waals surface area contributed by atoms with E-state index in [0.717, 1.165) is 19.4 Å². The van der Waals surface area contributed by atoms with Gasteiger partial charge in [-0.3, -0.25) is 0 Å². The van der Waals surface area contributed by atoms with Crippen molar-refractivity contribution in [3.05, 3.63) is 70.3 Å². The van der Waals surface area contributed by atoms with Gasteiger partial charge in [0.15, 0.2) is 0 Å². The minimum absolute atomic E-state index is 0.395. The highest BCUT2D eigenvalue weighted by Crippen LogP contribution is 2.21. The summed E-state index contributed by atoms with van der Waals surface area (Å²) in [7, 11) is 0. The van der Waals surface area contributed by atoms with Crippen molar-refractivity contribution in [3.63, 3.8) is 0 Å². The summed E-state index contributed by atoms with van der Waals surface area (Å²) in [5.74, 6) is 0. The molecule has 1 N–H and O–H groups in total. The Morgan fingerprint density at radius 3 is 2.43 bits per heavy atom. The molecule has 1 heteroatoms. The van der Waals surface area contributed by atoms with E-state index in [0.29, 0.717) is 6.04 Å². The van der Waals surface area contributed by atoms with Crippen LogP contribution in [0.3, 0.4) is 0 Å². The highest BCUT2D eigenvalue weighted by Gasteiger charge is 2.12. The van der Waals surface area contributed by atoms with Gasteiger partial charge in [0.1, 0.15) is 0 Å². The van der Waals surface area contributed by atoms with Gasteiger partial charge in [-0.2, -0.15) is 0 Å². The second-order valence-electron chi connectivity index (χ2n) is 6.04. The summed E-state index contributed by atoms with van der Waals surface area (Å²) in [6.45, 7) is 9.81. The Labute approximate surface area is 129 Å². The van der Waals surface area contributed by atoms with Crippen LogP contribution >= 0.6 is 0 Å². The van der Waals surface area contributed by atoms with Crippen LogP contribution in [0.1, 0.15) is 47.2 Å². The fourth-order valence-electron chi connectivity index (χ4n) is 2.68. The van der Waals surface area contributed by atoms with Crippen LogP contribution in [0, 0.1) is 20.8 Å². The molecule has 2 rings (SSSR count). The van der Waals surface area contributed by atoms with Gasteiger partial charge in [-0.1, -0.05) is 55.0 Å². The molecule has 0 bridgehead atoms. The number of benzene rings is 2. The van der Waals surface area contributed by atoms with Gasteiger partial charge in [-0.25, -0.2) is 0 Å². The molecule has 2 aromatic carbocycles. The first-order valence-corrected chi connectivity index (χ1v) is 7.96. The Balaban J connectivity index is 2.21. The van der Waals surface area contributed by atoms with E-state index >= 15 is 0 Å². The van der Waals surface area contributed by atoms with Crippen molar-refractivity contribution in [3.8, 4) is 0 Å². The van der Waals surface area contributed by atoms with Crippen LogP contribution in [0.15, 0.2) is 42.5 Å². The molecular weight excluding hydrogens is 254 g/mol.